The van der Waals surface area contributed by atoms with E-state index in [4.69, 9.17) is 4.74 Å². The lowest BCUT2D eigenvalue weighted by Gasteiger charge is -2.22. The number of benzene rings is 2. The number of hydrogen-bond acceptors (Lipinski definition) is 3. The summed E-state index contributed by atoms with van der Waals surface area (Å²) in [6.45, 7) is 7.27. The van der Waals surface area contributed by atoms with Crippen molar-refractivity contribution in [3.63, 3.8) is 0 Å². The second-order valence-electron chi connectivity index (χ2n) is 7.38. The van der Waals surface area contributed by atoms with Crippen LogP contribution in [0.1, 0.15) is 42.5 Å². The quantitative estimate of drug-likeness (QED) is 0.339. The Morgan fingerprint density at radius 2 is 1.93 bits per heavy atom. The fourth-order valence-corrected chi connectivity index (χ4v) is 3.69. The number of ether oxygens (including phenoxy) is 1. The summed E-state index contributed by atoms with van der Waals surface area (Å²) in [5.41, 5.74) is 4.93. The molecule has 0 saturated carbocycles. The van der Waals surface area contributed by atoms with Gasteiger partial charge in [-0.15, -0.1) is 24.0 Å². The van der Waals surface area contributed by atoms with E-state index in [2.05, 4.69) is 70.8 Å². The highest BCUT2D eigenvalue weighted by atomic mass is 127. The summed E-state index contributed by atoms with van der Waals surface area (Å²) in [4.78, 5) is 6.85. The molecule has 1 aliphatic rings. The Labute approximate surface area is 192 Å². The van der Waals surface area contributed by atoms with Crippen molar-refractivity contribution in [3.05, 3.63) is 59.2 Å². The van der Waals surface area contributed by atoms with Gasteiger partial charge in [-0.05, 0) is 61.6 Å². The van der Waals surface area contributed by atoms with E-state index < -0.39 is 0 Å². The van der Waals surface area contributed by atoms with Crippen LogP contribution < -0.4 is 20.3 Å². The monoisotopic (exact) mass is 508 g/mol. The average Bonchev–Trinajstić information content (AvgIpc) is 3.26. The van der Waals surface area contributed by atoms with Crippen LogP contribution in [0.25, 0.3) is 0 Å². The molecule has 2 N–H and O–H groups in total. The predicted molar refractivity (Wildman–Crippen MR) is 133 cm³/mol. The lowest BCUT2D eigenvalue weighted by molar-refractivity contribution is 0.411. The van der Waals surface area contributed by atoms with E-state index in [1.54, 1.807) is 7.11 Å². The summed E-state index contributed by atoms with van der Waals surface area (Å²) >= 11 is 0. The molecular weight excluding hydrogens is 475 g/mol. The van der Waals surface area contributed by atoms with Crippen LogP contribution in [0.5, 0.6) is 5.75 Å². The zero-order chi connectivity index (χ0) is 19.9. The Bertz CT molecular complexity index is 818. The molecule has 1 fully saturated rings. The fraction of sp³-hybridized carbons (Fsp3) is 0.435. The minimum Gasteiger partial charge on any atom is -0.496 e. The highest BCUT2D eigenvalue weighted by molar-refractivity contribution is 14.0. The van der Waals surface area contributed by atoms with E-state index in [1.807, 2.05) is 13.1 Å². The Kier molecular flexibility index (Phi) is 9.07. The fourth-order valence-electron chi connectivity index (χ4n) is 3.69. The van der Waals surface area contributed by atoms with Gasteiger partial charge in [-0.2, -0.15) is 0 Å². The van der Waals surface area contributed by atoms with E-state index >= 15 is 0 Å². The molecule has 0 bridgehead atoms. The predicted octanol–water partition coefficient (Wildman–Crippen LogP) is 4.65. The van der Waals surface area contributed by atoms with Crippen LogP contribution in [-0.2, 0) is 6.54 Å². The van der Waals surface area contributed by atoms with Gasteiger partial charge in [0.25, 0.3) is 0 Å². The van der Waals surface area contributed by atoms with Crippen LogP contribution in [-0.4, -0.2) is 33.2 Å². The zero-order valence-corrected chi connectivity index (χ0v) is 20.2. The summed E-state index contributed by atoms with van der Waals surface area (Å²) in [6, 6.07) is 15.2. The largest absolute Gasteiger partial charge is 0.496 e. The van der Waals surface area contributed by atoms with Gasteiger partial charge >= 0.3 is 0 Å². The maximum absolute atomic E-state index is 5.33. The maximum Gasteiger partial charge on any atom is 0.191 e. The number of rotatable bonds is 6. The van der Waals surface area contributed by atoms with Gasteiger partial charge < -0.3 is 20.3 Å². The zero-order valence-electron chi connectivity index (χ0n) is 17.9. The first-order chi connectivity index (χ1) is 13.6. The molecular formula is C23H33IN4O. The second-order valence-corrected chi connectivity index (χ2v) is 7.38. The molecule has 1 atom stereocenters. The number of nitrogens with zero attached hydrogens (tertiary/aromatic N) is 2. The van der Waals surface area contributed by atoms with Crippen LogP contribution in [0.3, 0.4) is 0 Å². The molecule has 6 heteroatoms. The summed E-state index contributed by atoms with van der Waals surface area (Å²) in [6.07, 6.45) is 2.58. The Morgan fingerprint density at radius 3 is 2.59 bits per heavy atom. The maximum atomic E-state index is 5.33. The Hall–Kier alpha value is -1.96. The summed E-state index contributed by atoms with van der Waals surface area (Å²) < 4.78 is 5.33. The Morgan fingerprint density at radius 1 is 1.17 bits per heavy atom. The minimum absolute atomic E-state index is 0. The molecule has 0 radical (unpaired) electrons. The second kappa shape index (κ2) is 11.3. The normalized spacial score (nSPS) is 14.9. The summed E-state index contributed by atoms with van der Waals surface area (Å²) in [5.74, 6) is 1.71. The molecule has 29 heavy (non-hydrogen) atoms. The third kappa shape index (κ3) is 6.26. The van der Waals surface area contributed by atoms with Crippen molar-refractivity contribution >= 4 is 35.6 Å². The number of aryl methyl sites for hydroxylation is 1. The van der Waals surface area contributed by atoms with Crippen molar-refractivity contribution < 1.29 is 4.74 Å². The molecule has 0 aliphatic carbocycles. The molecule has 2 aromatic rings. The molecule has 0 spiro atoms. The topological polar surface area (TPSA) is 48.9 Å². The van der Waals surface area contributed by atoms with Crippen molar-refractivity contribution in [2.24, 2.45) is 4.99 Å². The number of guanidine groups is 1. The molecule has 3 rings (SSSR count). The van der Waals surface area contributed by atoms with Gasteiger partial charge in [0, 0.05) is 32.4 Å². The minimum atomic E-state index is 0. The van der Waals surface area contributed by atoms with Crippen LogP contribution >= 0.6 is 24.0 Å². The molecule has 0 amide bonds. The lowest BCUT2D eigenvalue weighted by atomic mass is 10.1. The first-order valence-electron chi connectivity index (χ1n) is 10.1. The number of halogens is 1. The van der Waals surface area contributed by atoms with Crippen LogP contribution in [0.15, 0.2) is 47.5 Å². The first-order valence-corrected chi connectivity index (χ1v) is 10.1. The van der Waals surface area contributed by atoms with Gasteiger partial charge in [0.15, 0.2) is 5.96 Å². The third-order valence-electron chi connectivity index (χ3n) is 5.34. The number of methoxy groups -OCH3 is 1. The molecule has 1 aliphatic heterocycles. The van der Waals surface area contributed by atoms with E-state index in [9.17, 15) is 0 Å². The van der Waals surface area contributed by atoms with E-state index in [1.165, 1.54) is 29.7 Å². The molecule has 5 nitrogen and oxygen atoms in total. The van der Waals surface area contributed by atoms with Gasteiger partial charge in [0.05, 0.1) is 13.2 Å². The standard InChI is InChI=1S/C23H32N4O.HI/c1-17-14-19(10-11-22(17)28-4)16-25-23(24-3)26-18(2)20-8-7-9-21(15-20)27-12-5-6-13-27;/h7-11,14-15,18H,5-6,12-13,16H2,1-4H3,(H2,24,25,26);1H. The summed E-state index contributed by atoms with van der Waals surface area (Å²) in [7, 11) is 3.51. The number of nitrogens with one attached hydrogen (secondary N) is 2. The van der Waals surface area contributed by atoms with Crippen molar-refractivity contribution in [1.29, 1.82) is 0 Å². The highest BCUT2D eigenvalue weighted by Gasteiger charge is 2.14. The number of hydrogen-bond donors (Lipinski definition) is 2. The van der Waals surface area contributed by atoms with E-state index in [0.717, 1.165) is 30.4 Å². The first kappa shape index (κ1) is 23.3. The smallest absolute Gasteiger partial charge is 0.191 e. The van der Waals surface area contributed by atoms with Crippen molar-refractivity contribution in [2.45, 2.75) is 39.3 Å². The lowest BCUT2D eigenvalue weighted by Crippen LogP contribution is -2.38. The molecule has 1 saturated heterocycles. The Balaban J connectivity index is 0.00000300. The average molecular weight is 508 g/mol. The van der Waals surface area contributed by atoms with Crippen molar-refractivity contribution in [2.75, 3.05) is 32.1 Å². The van der Waals surface area contributed by atoms with Gasteiger partial charge in [0.2, 0.25) is 0 Å². The molecule has 0 aromatic heterocycles. The highest BCUT2D eigenvalue weighted by Crippen LogP contribution is 2.24. The molecule has 158 valence electrons. The van der Waals surface area contributed by atoms with Crippen LogP contribution in [0.2, 0.25) is 0 Å². The van der Waals surface area contributed by atoms with Crippen LogP contribution in [0.4, 0.5) is 5.69 Å². The van der Waals surface area contributed by atoms with Gasteiger partial charge in [-0.1, -0.05) is 24.3 Å². The van der Waals surface area contributed by atoms with Crippen LogP contribution in [0, 0.1) is 6.92 Å². The molecule has 1 heterocycles. The van der Waals surface area contributed by atoms with E-state index in [0.29, 0.717) is 6.54 Å². The number of aliphatic imine (C=N–C) groups is 1. The van der Waals surface area contributed by atoms with E-state index in [-0.39, 0.29) is 30.0 Å². The number of anilines is 1. The van der Waals surface area contributed by atoms with Gasteiger partial charge in [0.1, 0.15) is 5.75 Å². The molecule has 1 unspecified atom stereocenters. The molecule has 2 aromatic carbocycles. The van der Waals surface area contributed by atoms with Crippen molar-refractivity contribution in [1.82, 2.24) is 10.6 Å². The summed E-state index contributed by atoms with van der Waals surface area (Å²) in [5, 5.41) is 6.91. The SMILES string of the molecule is CN=C(NCc1ccc(OC)c(C)c1)NC(C)c1cccc(N2CCCC2)c1.I. The third-order valence-corrected chi connectivity index (χ3v) is 5.34. The van der Waals surface area contributed by atoms with Crippen molar-refractivity contribution in [3.8, 4) is 5.75 Å². The van der Waals surface area contributed by atoms with Gasteiger partial charge in [-0.25, -0.2) is 0 Å². The van der Waals surface area contributed by atoms with Gasteiger partial charge in [-0.3, -0.25) is 4.99 Å².